The van der Waals surface area contributed by atoms with E-state index in [1.165, 1.54) is 6.07 Å². The van der Waals surface area contributed by atoms with Crippen LogP contribution in [0.4, 0.5) is 10.1 Å². The van der Waals surface area contributed by atoms with Gasteiger partial charge in [-0.15, -0.1) is 17.7 Å². The molecule has 0 aromatic heterocycles. The van der Waals surface area contributed by atoms with E-state index in [9.17, 15) is 8.60 Å². The number of hydrazone groups is 1. The summed E-state index contributed by atoms with van der Waals surface area (Å²) in [4.78, 5) is 9.16. The summed E-state index contributed by atoms with van der Waals surface area (Å²) in [5.41, 5.74) is 5.08. The summed E-state index contributed by atoms with van der Waals surface area (Å²) in [5.74, 6) is 0.561. The molecule has 5 rings (SSSR count). The molecule has 1 saturated heterocycles. The fourth-order valence-corrected chi connectivity index (χ4v) is 6.07. The summed E-state index contributed by atoms with van der Waals surface area (Å²) in [7, 11) is -1.49. The Balaban J connectivity index is 1.47. The number of halogens is 1. The lowest BCUT2D eigenvalue weighted by Gasteiger charge is -2.45. The Morgan fingerprint density at radius 1 is 1.03 bits per heavy atom. The number of rotatable bonds is 5. The van der Waals surface area contributed by atoms with Crippen molar-refractivity contribution in [3.63, 3.8) is 0 Å². The van der Waals surface area contributed by atoms with Gasteiger partial charge < -0.3 is 9.80 Å². The number of anilines is 1. The van der Waals surface area contributed by atoms with Crippen molar-refractivity contribution in [1.29, 1.82) is 0 Å². The van der Waals surface area contributed by atoms with E-state index in [4.69, 9.17) is 17.7 Å². The third-order valence-corrected chi connectivity index (χ3v) is 8.51. The van der Waals surface area contributed by atoms with Crippen molar-refractivity contribution in [2.75, 3.05) is 24.5 Å². The Labute approximate surface area is 220 Å². The first-order valence-electron chi connectivity index (χ1n) is 12.2. The number of aryl methyl sites for hydroxylation is 3. The van der Waals surface area contributed by atoms with Gasteiger partial charge in [-0.1, -0.05) is 29.8 Å². The molecular weight excluding hydrogens is 491 g/mol. The molecule has 1 N–H and O–H groups in total. The Morgan fingerprint density at radius 3 is 2.44 bits per heavy atom. The monoisotopic (exact) mass is 522 g/mol. The summed E-state index contributed by atoms with van der Waals surface area (Å²) >= 11 is 4.77. The normalized spacial score (nSPS) is 17.9. The number of hydrogen-bond donors (Lipinski definition) is 2. The van der Waals surface area contributed by atoms with E-state index in [2.05, 4.69) is 27.6 Å². The fourth-order valence-electron chi connectivity index (χ4n) is 5.05. The molecule has 188 valence electrons. The minimum atomic E-state index is -1.49. The molecule has 0 radical (unpaired) electrons. The van der Waals surface area contributed by atoms with Crippen LogP contribution >= 0.6 is 12.6 Å². The van der Waals surface area contributed by atoms with Gasteiger partial charge in [-0.2, -0.15) is 0 Å². The number of piperazine rings is 1. The second-order valence-corrected chi connectivity index (χ2v) is 11.5. The Hall–Kier alpha value is -2.84. The van der Waals surface area contributed by atoms with Gasteiger partial charge in [-0.25, -0.2) is 13.4 Å². The average molecular weight is 523 g/mol. The maximum absolute atomic E-state index is 13.7. The summed E-state index contributed by atoms with van der Waals surface area (Å²) in [5, 5.41) is 4.78. The number of nitrogens with zero attached hydrogens (tertiary/aromatic N) is 3. The van der Waals surface area contributed by atoms with Crippen LogP contribution < -0.4 is 9.73 Å². The lowest BCUT2D eigenvalue weighted by atomic mass is 10.0. The third kappa shape index (κ3) is 4.89. The number of amidine groups is 1. The first kappa shape index (κ1) is 24.8. The first-order valence-corrected chi connectivity index (χ1v) is 13.8. The molecule has 2 fully saturated rings. The zero-order valence-corrected chi connectivity index (χ0v) is 22.5. The van der Waals surface area contributed by atoms with Crippen molar-refractivity contribution >= 4 is 35.1 Å². The number of nitrogens with one attached hydrogen (secondary N) is 1. The molecule has 5 nitrogen and oxygen atoms in total. The molecule has 1 aliphatic carbocycles. The smallest absolute Gasteiger partial charge is 0.166 e. The second kappa shape index (κ2) is 9.90. The molecular formula is C28H31FN4OS2. The van der Waals surface area contributed by atoms with Crippen LogP contribution in [0.2, 0.25) is 0 Å². The third-order valence-electron chi connectivity index (χ3n) is 7.18. The molecule has 1 aliphatic heterocycles. The van der Waals surface area contributed by atoms with Gasteiger partial charge in [0.1, 0.15) is 5.82 Å². The highest BCUT2D eigenvalue weighted by atomic mass is 32.2. The van der Waals surface area contributed by atoms with Crippen LogP contribution in [0.3, 0.4) is 0 Å². The molecule has 1 unspecified atom stereocenters. The van der Waals surface area contributed by atoms with E-state index in [1.54, 1.807) is 6.07 Å². The van der Waals surface area contributed by atoms with E-state index in [0.29, 0.717) is 4.90 Å². The molecule has 8 heteroatoms. The largest absolute Gasteiger partial charge is 0.367 e. The summed E-state index contributed by atoms with van der Waals surface area (Å²) in [6, 6.07) is 18.6. The lowest BCUT2D eigenvalue weighted by Crippen LogP contribution is -2.58. The SMILES string of the molecule is Cc1ccc(S(=O)N/N=C(\c2c(C)cccc2S)N2CCN(c3ccc(F)cc3C)CC23CC3)cc1. The van der Waals surface area contributed by atoms with Crippen molar-refractivity contribution in [2.45, 2.75) is 48.9 Å². The molecule has 3 aromatic rings. The lowest BCUT2D eigenvalue weighted by molar-refractivity contribution is 0.259. The van der Waals surface area contributed by atoms with Gasteiger partial charge in [0.05, 0.1) is 10.4 Å². The average Bonchev–Trinajstić information content (AvgIpc) is 3.61. The van der Waals surface area contributed by atoms with Crippen molar-refractivity contribution < 1.29 is 8.60 Å². The quantitative estimate of drug-likeness (QED) is 0.205. The molecule has 0 bridgehead atoms. The minimum absolute atomic E-state index is 0.0760. The maximum Gasteiger partial charge on any atom is 0.166 e. The summed E-state index contributed by atoms with van der Waals surface area (Å²) < 4.78 is 26.8. The van der Waals surface area contributed by atoms with Crippen LogP contribution in [0, 0.1) is 26.6 Å². The zero-order valence-electron chi connectivity index (χ0n) is 20.8. The van der Waals surface area contributed by atoms with Gasteiger partial charge in [-0.3, -0.25) is 0 Å². The minimum Gasteiger partial charge on any atom is -0.367 e. The van der Waals surface area contributed by atoms with E-state index in [-0.39, 0.29) is 11.4 Å². The Morgan fingerprint density at radius 2 is 1.78 bits per heavy atom. The van der Waals surface area contributed by atoms with Crippen LogP contribution in [0.1, 0.15) is 35.1 Å². The topological polar surface area (TPSA) is 47.9 Å². The molecule has 36 heavy (non-hydrogen) atoms. The van der Waals surface area contributed by atoms with Crippen LogP contribution in [0.25, 0.3) is 0 Å². The molecule has 1 spiro atoms. The van der Waals surface area contributed by atoms with Gasteiger partial charge in [0.25, 0.3) is 0 Å². The van der Waals surface area contributed by atoms with E-state index < -0.39 is 11.0 Å². The maximum atomic E-state index is 13.7. The van der Waals surface area contributed by atoms with E-state index in [1.807, 2.05) is 56.3 Å². The van der Waals surface area contributed by atoms with E-state index in [0.717, 1.165) is 71.1 Å². The zero-order chi connectivity index (χ0) is 25.4. The molecule has 2 aliphatic rings. The fraction of sp³-hybridized carbons (Fsp3) is 0.321. The highest BCUT2D eigenvalue weighted by Crippen LogP contribution is 2.46. The van der Waals surface area contributed by atoms with Crippen molar-refractivity contribution in [1.82, 2.24) is 9.73 Å². The van der Waals surface area contributed by atoms with Crippen molar-refractivity contribution in [3.8, 4) is 0 Å². The molecule has 1 saturated carbocycles. The Bertz CT molecular complexity index is 1320. The van der Waals surface area contributed by atoms with Gasteiger partial charge in [0.2, 0.25) is 0 Å². The number of hydrogen-bond acceptors (Lipinski definition) is 4. The highest BCUT2D eigenvalue weighted by molar-refractivity contribution is 7.83. The van der Waals surface area contributed by atoms with Crippen LogP contribution in [-0.4, -0.2) is 40.1 Å². The summed E-state index contributed by atoms with van der Waals surface area (Å²) in [6.07, 6.45) is 2.08. The Kier molecular flexibility index (Phi) is 6.83. The van der Waals surface area contributed by atoms with Gasteiger partial charge in [0, 0.05) is 35.8 Å². The second-order valence-electron chi connectivity index (χ2n) is 9.81. The number of thiol groups is 1. The number of benzene rings is 3. The van der Waals surface area contributed by atoms with Crippen LogP contribution in [0.15, 0.2) is 75.6 Å². The van der Waals surface area contributed by atoms with Gasteiger partial charge in [0.15, 0.2) is 16.8 Å². The predicted molar refractivity (Wildman–Crippen MR) is 148 cm³/mol. The predicted octanol–water partition coefficient (Wildman–Crippen LogP) is 5.37. The highest BCUT2D eigenvalue weighted by Gasteiger charge is 2.53. The molecule has 0 amide bonds. The summed E-state index contributed by atoms with van der Waals surface area (Å²) in [6.45, 7) is 8.37. The molecule has 1 atom stereocenters. The first-order chi connectivity index (χ1) is 17.3. The van der Waals surface area contributed by atoms with Gasteiger partial charge >= 0.3 is 0 Å². The van der Waals surface area contributed by atoms with E-state index >= 15 is 0 Å². The standard InChI is InChI=1S/C28H31FN4OS2/c1-19-7-10-23(11-8-19)36(34)31-30-27(26-20(2)5-4-6-25(26)35)33-16-15-32(18-28(33)13-14-28)24-12-9-22(29)17-21(24)3/h4-12,17,31,35H,13-16,18H2,1-3H3/b30-27+. The molecule has 1 heterocycles. The van der Waals surface area contributed by atoms with Gasteiger partial charge in [-0.05, 0) is 81.1 Å². The van der Waals surface area contributed by atoms with Crippen molar-refractivity contribution in [3.05, 3.63) is 88.7 Å². The van der Waals surface area contributed by atoms with Crippen LogP contribution in [0.5, 0.6) is 0 Å². The molecule has 3 aromatic carbocycles. The van der Waals surface area contributed by atoms with Crippen LogP contribution in [-0.2, 0) is 11.0 Å². The van der Waals surface area contributed by atoms with Crippen molar-refractivity contribution in [2.24, 2.45) is 5.10 Å².